The highest BCUT2D eigenvalue weighted by Crippen LogP contribution is 2.40. The third-order valence-corrected chi connectivity index (χ3v) is 6.27. The second-order valence-electron chi connectivity index (χ2n) is 7.28. The highest BCUT2D eigenvalue weighted by Gasteiger charge is 2.47. The summed E-state index contributed by atoms with van der Waals surface area (Å²) in [5.41, 5.74) is -1.93. The quantitative estimate of drug-likeness (QED) is 0.516. The molecule has 1 aliphatic rings. The van der Waals surface area contributed by atoms with Crippen molar-refractivity contribution in [3.8, 4) is 0 Å². The number of nitrogens with zero attached hydrogens (tertiary/aromatic N) is 2. The summed E-state index contributed by atoms with van der Waals surface area (Å²) in [6.45, 7) is 0. The van der Waals surface area contributed by atoms with E-state index >= 15 is 0 Å². The molecule has 0 aromatic heterocycles. The van der Waals surface area contributed by atoms with Crippen LogP contribution in [0, 0.1) is 0 Å². The van der Waals surface area contributed by atoms with Crippen LogP contribution in [0.2, 0.25) is 0 Å². The zero-order chi connectivity index (χ0) is 22.9. The summed E-state index contributed by atoms with van der Waals surface area (Å²) >= 11 is 0. The van der Waals surface area contributed by atoms with E-state index in [-0.39, 0.29) is 5.84 Å². The molecule has 8 heteroatoms. The lowest BCUT2D eigenvalue weighted by Gasteiger charge is -2.25. The molecular weight excluding hydrogens is 437 g/mol. The van der Waals surface area contributed by atoms with Gasteiger partial charge in [0.1, 0.15) is 5.84 Å². The molecule has 32 heavy (non-hydrogen) atoms. The van der Waals surface area contributed by atoms with Gasteiger partial charge in [0.25, 0.3) is 0 Å². The predicted octanol–water partition coefficient (Wildman–Crippen LogP) is 5.60. The number of alkyl halides is 3. The highest BCUT2D eigenvalue weighted by molar-refractivity contribution is 7.91. The summed E-state index contributed by atoms with van der Waals surface area (Å²) in [6.07, 6.45) is 1.78. The van der Waals surface area contributed by atoms with Gasteiger partial charge < -0.3 is 4.90 Å². The van der Waals surface area contributed by atoms with E-state index in [1.165, 1.54) is 11.9 Å². The third kappa shape index (κ3) is 4.05. The number of amidine groups is 1. The van der Waals surface area contributed by atoms with Crippen molar-refractivity contribution in [2.75, 3.05) is 11.9 Å². The van der Waals surface area contributed by atoms with Gasteiger partial charge in [0.05, 0.1) is 5.92 Å². The molecule has 1 heterocycles. The van der Waals surface area contributed by atoms with Crippen LogP contribution in [0.1, 0.15) is 22.6 Å². The number of rotatable bonds is 3. The van der Waals surface area contributed by atoms with Gasteiger partial charge in [-0.05, 0) is 22.8 Å². The zero-order valence-electron chi connectivity index (χ0n) is 17.0. The smallest absolute Gasteiger partial charge is 0.331 e. The molecule has 3 aromatic rings. The van der Waals surface area contributed by atoms with Gasteiger partial charge in [0, 0.05) is 18.3 Å². The first-order valence-corrected chi connectivity index (χ1v) is 11.2. The fraction of sp³-hybridized carbons (Fsp3) is 0.125. The molecule has 1 unspecified atom stereocenters. The van der Waals surface area contributed by atoms with E-state index in [0.29, 0.717) is 11.3 Å². The normalized spacial score (nSPS) is 18.1. The zero-order valence-corrected chi connectivity index (χ0v) is 17.8. The Morgan fingerprint density at radius 3 is 2.03 bits per heavy atom. The molecule has 164 valence electrons. The van der Waals surface area contributed by atoms with E-state index in [4.69, 9.17) is 0 Å². The number of para-hydroxylation sites is 1. The Kier molecular flexibility index (Phi) is 5.64. The van der Waals surface area contributed by atoms with Crippen LogP contribution >= 0.6 is 0 Å². The van der Waals surface area contributed by atoms with Crippen molar-refractivity contribution in [2.45, 2.75) is 11.4 Å². The predicted molar refractivity (Wildman–Crippen MR) is 120 cm³/mol. The Bertz CT molecular complexity index is 1290. The molecule has 1 atom stereocenters. The van der Waals surface area contributed by atoms with Gasteiger partial charge in [-0.2, -0.15) is 21.6 Å². The van der Waals surface area contributed by atoms with E-state index < -0.39 is 21.4 Å². The molecule has 0 amide bonds. The van der Waals surface area contributed by atoms with Crippen molar-refractivity contribution in [1.29, 1.82) is 0 Å². The van der Waals surface area contributed by atoms with E-state index in [9.17, 15) is 21.6 Å². The summed E-state index contributed by atoms with van der Waals surface area (Å²) in [5.74, 6) is -1.06. The Balaban J connectivity index is 2.05. The molecule has 0 N–H and O–H groups in total. The van der Waals surface area contributed by atoms with Crippen molar-refractivity contribution in [3.63, 3.8) is 0 Å². The topological polar surface area (TPSA) is 49.7 Å². The van der Waals surface area contributed by atoms with Gasteiger partial charge in [-0.3, -0.25) is 0 Å². The van der Waals surface area contributed by atoms with E-state index in [1.807, 2.05) is 42.5 Å². The van der Waals surface area contributed by atoms with E-state index in [2.05, 4.69) is 4.40 Å². The average Bonchev–Trinajstić information content (AvgIpc) is 2.90. The first-order valence-electron chi connectivity index (χ1n) is 9.75. The van der Waals surface area contributed by atoms with Crippen LogP contribution in [0.4, 0.5) is 18.9 Å². The second kappa shape index (κ2) is 8.27. The summed E-state index contributed by atoms with van der Waals surface area (Å²) in [4.78, 5) is 1.42. The SMILES string of the molecule is CN1C(=NS(=O)(=O)C(F)(F)F)C(c2ccccc2)C=C(c2ccccc2)c2ccccc21. The Morgan fingerprint density at radius 1 is 0.844 bits per heavy atom. The van der Waals surface area contributed by atoms with Crippen molar-refractivity contribution in [2.24, 2.45) is 4.40 Å². The minimum atomic E-state index is -5.76. The number of hydrogen-bond acceptors (Lipinski definition) is 2. The largest absolute Gasteiger partial charge is 0.518 e. The number of fused-ring (bicyclic) bond motifs is 1. The highest BCUT2D eigenvalue weighted by atomic mass is 32.2. The fourth-order valence-corrected chi connectivity index (χ4v) is 4.31. The number of halogens is 3. The first kappa shape index (κ1) is 21.8. The molecule has 4 nitrogen and oxygen atoms in total. The lowest BCUT2D eigenvalue weighted by atomic mass is 9.91. The lowest BCUT2D eigenvalue weighted by Crippen LogP contribution is -2.34. The lowest BCUT2D eigenvalue weighted by molar-refractivity contribution is -0.0435. The van der Waals surface area contributed by atoms with Crippen molar-refractivity contribution in [1.82, 2.24) is 0 Å². The summed E-state index contributed by atoms with van der Waals surface area (Å²) in [7, 11) is -4.23. The van der Waals surface area contributed by atoms with Gasteiger partial charge in [0.15, 0.2) is 0 Å². The molecule has 0 bridgehead atoms. The first-order chi connectivity index (χ1) is 15.2. The fourth-order valence-electron chi connectivity index (χ4n) is 3.72. The summed E-state index contributed by atoms with van der Waals surface area (Å²) < 4.78 is 67.2. The van der Waals surface area contributed by atoms with Gasteiger partial charge in [-0.25, -0.2) is 0 Å². The summed E-state index contributed by atoms with van der Waals surface area (Å²) in [6, 6.07) is 25.3. The number of hydrogen-bond donors (Lipinski definition) is 0. The monoisotopic (exact) mass is 456 g/mol. The van der Waals surface area contributed by atoms with Crippen LogP contribution in [-0.2, 0) is 10.0 Å². The van der Waals surface area contributed by atoms with Crippen LogP contribution in [0.15, 0.2) is 95.4 Å². The maximum atomic E-state index is 13.3. The molecule has 0 saturated heterocycles. The van der Waals surface area contributed by atoms with Crippen LogP contribution in [-0.4, -0.2) is 26.8 Å². The van der Waals surface area contributed by atoms with Gasteiger partial charge >= 0.3 is 15.5 Å². The van der Waals surface area contributed by atoms with Gasteiger partial charge in [0.2, 0.25) is 0 Å². The number of sulfonamides is 1. The molecule has 0 saturated carbocycles. The standard InChI is InChI=1S/C24H19F3N2O2S/c1-29-22-15-9-8-14-19(22)20(17-10-4-2-5-11-17)16-21(18-12-6-3-7-13-18)23(29)28-32(30,31)24(25,26)27/h2-16,21H,1H3. The third-order valence-electron chi connectivity index (χ3n) is 5.26. The number of benzene rings is 3. The Labute approximate surface area is 184 Å². The van der Waals surface area contributed by atoms with Gasteiger partial charge in [-0.15, -0.1) is 4.40 Å². The molecule has 0 fully saturated rings. The Morgan fingerprint density at radius 2 is 1.41 bits per heavy atom. The summed E-state index contributed by atoms with van der Waals surface area (Å²) in [5, 5.41) is 0. The average molecular weight is 456 g/mol. The molecule has 3 aromatic carbocycles. The molecule has 0 radical (unpaired) electrons. The van der Waals surface area contributed by atoms with Crippen LogP contribution in [0.3, 0.4) is 0 Å². The molecule has 0 spiro atoms. The van der Waals surface area contributed by atoms with Crippen LogP contribution in [0.25, 0.3) is 5.57 Å². The number of anilines is 1. The van der Waals surface area contributed by atoms with Crippen LogP contribution in [0.5, 0.6) is 0 Å². The molecule has 0 aliphatic carbocycles. The van der Waals surface area contributed by atoms with E-state index in [0.717, 1.165) is 16.7 Å². The van der Waals surface area contributed by atoms with Crippen LogP contribution < -0.4 is 4.90 Å². The number of likely N-dealkylation sites (N-methyl/N-ethyl adjacent to an activating group) is 1. The molecule has 1 aliphatic heterocycles. The maximum absolute atomic E-state index is 13.3. The minimum absolute atomic E-state index is 0.230. The maximum Gasteiger partial charge on any atom is 0.518 e. The molecule has 4 rings (SSSR count). The van der Waals surface area contributed by atoms with Crippen molar-refractivity contribution >= 4 is 27.1 Å². The van der Waals surface area contributed by atoms with Gasteiger partial charge in [-0.1, -0.05) is 84.9 Å². The molecular formula is C24H19F3N2O2S. The minimum Gasteiger partial charge on any atom is -0.331 e. The van der Waals surface area contributed by atoms with E-state index in [1.54, 1.807) is 48.5 Å². The van der Waals surface area contributed by atoms with Crippen molar-refractivity contribution < 1.29 is 21.6 Å². The second-order valence-corrected chi connectivity index (χ2v) is 8.88. The van der Waals surface area contributed by atoms with Crippen molar-refractivity contribution in [3.05, 3.63) is 108 Å². The Hall–Kier alpha value is -3.39.